The molecule has 0 N–H and O–H groups in total. The fourth-order valence-corrected chi connectivity index (χ4v) is 1.91. The molecule has 0 spiro atoms. The zero-order valence-corrected chi connectivity index (χ0v) is 10.5. The van der Waals surface area contributed by atoms with Crippen LogP contribution in [0.4, 0.5) is 4.39 Å². The first-order valence-electron chi connectivity index (χ1n) is 4.07. The van der Waals surface area contributed by atoms with Crippen molar-refractivity contribution in [1.82, 2.24) is 0 Å². The van der Waals surface area contributed by atoms with E-state index in [2.05, 4.69) is 37.9 Å². The van der Waals surface area contributed by atoms with E-state index in [1.165, 1.54) is 6.07 Å². The molecule has 0 amide bonds. The van der Waals surface area contributed by atoms with Crippen molar-refractivity contribution >= 4 is 31.9 Å². The maximum absolute atomic E-state index is 13.1. The van der Waals surface area contributed by atoms with Gasteiger partial charge in [0, 0.05) is 5.33 Å². The summed E-state index contributed by atoms with van der Waals surface area (Å²) >= 11 is 6.41. The fraction of sp³-hybridized carbons (Fsp3) is 0.300. The second-order valence-corrected chi connectivity index (χ2v) is 4.34. The summed E-state index contributed by atoms with van der Waals surface area (Å²) in [5, 5.41) is 9.36. The minimum Gasteiger partial charge on any atom is -0.206 e. The summed E-state index contributed by atoms with van der Waals surface area (Å²) in [4.78, 5) is 0. The van der Waals surface area contributed by atoms with E-state index in [0.717, 1.165) is 5.56 Å². The molecule has 1 nitrogen and oxygen atoms in total. The van der Waals surface area contributed by atoms with E-state index in [4.69, 9.17) is 5.26 Å². The Labute approximate surface area is 99.2 Å². The van der Waals surface area contributed by atoms with Gasteiger partial charge in [-0.1, -0.05) is 28.1 Å². The first-order valence-corrected chi connectivity index (χ1v) is 5.99. The Morgan fingerprint density at radius 3 is 2.79 bits per heavy atom. The molecule has 1 aromatic carbocycles. The summed E-state index contributed by atoms with van der Waals surface area (Å²) in [6, 6.07) is 7.02. The molecule has 0 radical (unpaired) electrons. The molecular weight excluding hydrogens is 313 g/mol. The number of hydrogen-bond acceptors (Lipinski definition) is 1. The minimum absolute atomic E-state index is 0.118. The van der Waals surface area contributed by atoms with Gasteiger partial charge in [0.05, 0.1) is 16.5 Å². The largest absolute Gasteiger partial charge is 0.206 e. The molecule has 0 heterocycles. The Morgan fingerprint density at radius 1 is 1.50 bits per heavy atom. The number of nitriles is 1. The summed E-state index contributed by atoms with van der Waals surface area (Å²) < 4.78 is 13.6. The molecule has 0 saturated carbocycles. The standard InChI is InChI=1S/C10H8Br2FN/c11-5-7(6-14)4-8-2-1-3-9(13)10(8)12/h1-3,7H,4-5H2. The Hall–Kier alpha value is -0.400. The Morgan fingerprint density at radius 2 is 2.21 bits per heavy atom. The third-order valence-electron chi connectivity index (χ3n) is 1.87. The van der Waals surface area contributed by atoms with Crippen LogP contribution in [0.15, 0.2) is 22.7 Å². The maximum atomic E-state index is 13.1. The van der Waals surface area contributed by atoms with Gasteiger partial charge in [0.15, 0.2) is 0 Å². The smallest absolute Gasteiger partial charge is 0.137 e. The number of halogens is 3. The molecular formula is C10H8Br2FN. The van der Waals surface area contributed by atoms with E-state index in [1.54, 1.807) is 6.07 Å². The highest BCUT2D eigenvalue weighted by Gasteiger charge is 2.11. The molecule has 4 heteroatoms. The average Bonchev–Trinajstić information content (AvgIpc) is 2.20. The van der Waals surface area contributed by atoms with Crippen molar-refractivity contribution in [3.05, 3.63) is 34.1 Å². The number of rotatable bonds is 3. The minimum atomic E-state index is -0.284. The van der Waals surface area contributed by atoms with Crippen molar-refractivity contribution in [2.75, 3.05) is 5.33 Å². The van der Waals surface area contributed by atoms with Crippen LogP contribution in [0.2, 0.25) is 0 Å². The van der Waals surface area contributed by atoms with Gasteiger partial charge < -0.3 is 0 Å². The van der Waals surface area contributed by atoms with Gasteiger partial charge in [0.1, 0.15) is 5.82 Å². The highest BCUT2D eigenvalue weighted by molar-refractivity contribution is 9.10. The van der Waals surface area contributed by atoms with Gasteiger partial charge in [0.25, 0.3) is 0 Å². The van der Waals surface area contributed by atoms with Gasteiger partial charge in [-0.3, -0.25) is 0 Å². The van der Waals surface area contributed by atoms with Crippen LogP contribution in [0.1, 0.15) is 5.56 Å². The number of alkyl halides is 1. The lowest BCUT2D eigenvalue weighted by atomic mass is 10.0. The highest BCUT2D eigenvalue weighted by Crippen LogP contribution is 2.23. The molecule has 0 saturated heterocycles. The lowest BCUT2D eigenvalue weighted by Crippen LogP contribution is -2.04. The molecule has 14 heavy (non-hydrogen) atoms. The van der Waals surface area contributed by atoms with Crippen LogP contribution in [-0.4, -0.2) is 5.33 Å². The van der Waals surface area contributed by atoms with Crippen LogP contribution in [0.25, 0.3) is 0 Å². The Bertz CT molecular complexity index is 360. The topological polar surface area (TPSA) is 23.8 Å². The third kappa shape index (κ3) is 2.79. The molecule has 1 rings (SSSR count). The average molecular weight is 321 g/mol. The van der Waals surface area contributed by atoms with Gasteiger partial charge in [-0.15, -0.1) is 0 Å². The van der Waals surface area contributed by atoms with E-state index >= 15 is 0 Å². The summed E-state index contributed by atoms with van der Waals surface area (Å²) in [6.45, 7) is 0. The fourth-order valence-electron chi connectivity index (χ4n) is 1.11. The SMILES string of the molecule is N#CC(CBr)Cc1cccc(F)c1Br. The van der Waals surface area contributed by atoms with Gasteiger partial charge in [-0.25, -0.2) is 4.39 Å². The monoisotopic (exact) mass is 319 g/mol. The molecule has 0 aliphatic rings. The summed E-state index contributed by atoms with van der Waals surface area (Å²) in [5.41, 5.74) is 0.830. The van der Waals surface area contributed by atoms with E-state index in [-0.39, 0.29) is 11.7 Å². The van der Waals surface area contributed by atoms with Crippen molar-refractivity contribution in [2.45, 2.75) is 6.42 Å². The quantitative estimate of drug-likeness (QED) is 0.780. The predicted molar refractivity (Wildman–Crippen MR) is 60.7 cm³/mol. The summed E-state index contributed by atoms with van der Waals surface area (Å²) in [5.74, 6) is -0.401. The first-order chi connectivity index (χ1) is 6.69. The molecule has 0 aromatic heterocycles. The maximum Gasteiger partial charge on any atom is 0.137 e. The van der Waals surface area contributed by atoms with Crippen molar-refractivity contribution in [3.8, 4) is 6.07 Å². The first kappa shape index (κ1) is 11.7. The summed E-state index contributed by atoms with van der Waals surface area (Å²) in [7, 11) is 0. The van der Waals surface area contributed by atoms with Gasteiger partial charge in [0.2, 0.25) is 0 Å². The number of nitrogens with zero attached hydrogens (tertiary/aromatic N) is 1. The third-order valence-corrected chi connectivity index (χ3v) is 3.54. The van der Waals surface area contributed by atoms with E-state index < -0.39 is 0 Å². The van der Waals surface area contributed by atoms with Gasteiger partial charge in [-0.2, -0.15) is 5.26 Å². The van der Waals surface area contributed by atoms with Crippen LogP contribution in [0, 0.1) is 23.1 Å². The van der Waals surface area contributed by atoms with Gasteiger partial charge >= 0.3 is 0 Å². The highest BCUT2D eigenvalue weighted by atomic mass is 79.9. The van der Waals surface area contributed by atoms with Crippen molar-refractivity contribution in [2.24, 2.45) is 5.92 Å². The normalized spacial score (nSPS) is 12.1. The van der Waals surface area contributed by atoms with Crippen molar-refractivity contribution in [3.63, 3.8) is 0 Å². The molecule has 0 fully saturated rings. The Kier molecular flexibility index (Phi) is 4.56. The second kappa shape index (κ2) is 5.47. The van der Waals surface area contributed by atoms with Crippen LogP contribution in [0.3, 0.4) is 0 Å². The molecule has 0 aliphatic heterocycles. The lowest BCUT2D eigenvalue weighted by Gasteiger charge is -2.07. The summed E-state index contributed by atoms with van der Waals surface area (Å²) in [6.07, 6.45) is 0.556. The van der Waals surface area contributed by atoms with E-state index in [1.807, 2.05) is 6.07 Å². The van der Waals surface area contributed by atoms with Gasteiger partial charge in [-0.05, 0) is 34.0 Å². The zero-order valence-electron chi connectivity index (χ0n) is 7.30. The zero-order chi connectivity index (χ0) is 10.6. The van der Waals surface area contributed by atoms with Crippen LogP contribution < -0.4 is 0 Å². The molecule has 0 bridgehead atoms. The Balaban J connectivity index is 2.87. The molecule has 1 aromatic rings. The molecule has 74 valence electrons. The van der Waals surface area contributed by atoms with E-state index in [0.29, 0.717) is 16.2 Å². The van der Waals surface area contributed by atoms with Crippen molar-refractivity contribution < 1.29 is 4.39 Å². The molecule has 0 aliphatic carbocycles. The lowest BCUT2D eigenvalue weighted by molar-refractivity contribution is 0.615. The molecule has 1 atom stereocenters. The van der Waals surface area contributed by atoms with Crippen LogP contribution >= 0.6 is 31.9 Å². The van der Waals surface area contributed by atoms with Crippen LogP contribution in [-0.2, 0) is 6.42 Å². The van der Waals surface area contributed by atoms with Crippen LogP contribution in [0.5, 0.6) is 0 Å². The van der Waals surface area contributed by atoms with Crippen molar-refractivity contribution in [1.29, 1.82) is 5.26 Å². The predicted octanol–water partition coefficient (Wildman–Crippen LogP) is 3.67. The number of benzene rings is 1. The van der Waals surface area contributed by atoms with E-state index in [9.17, 15) is 4.39 Å². The molecule has 1 unspecified atom stereocenters. The second-order valence-electron chi connectivity index (χ2n) is 2.90. The number of hydrogen-bond donors (Lipinski definition) is 0.